The van der Waals surface area contributed by atoms with Crippen molar-refractivity contribution in [2.45, 2.75) is 117 Å². The Morgan fingerprint density at radius 3 is 1.85 bits per heavy atom. The minimum Gasteiger partial charge on any atom is -0.457 e. The van der Waals surface area contributed by atoms with Gasteiger partial charge in [0, 0.05) is 13.8 Å². The third-order valence-corrected chi connectivity index (χ3v) is 9.92. The number of amides is 1. The zero-order valence-electron chi connectivity index (χ0n) is 23.0. The average molecular weight is 500 g/mol. The highest BCUT2D eigenvalue weighted by Gasteiger charge is 2.44. The van der Waals surface area contributed by atoms with E-state index in [0.29, 0.717) is 0 Å². The highest BCUT2D eigenvalue weighted by Crippen LogP contribution is 2.38. The second-order valence-electron chi connectivity index (χ2n) is 10.8. The molecule has 4 atom stereocenters. The van der Waals surface area contributed by atoms with Gasteiger partial charge in [0.25, 0.3) is 0 Å². The van der Waals surface area contributed by atoms with Crippen LogP contribution in [0, 0.1) is 0 Å². The molecular weight excluding hydrogens is 454 g/mol. The van der Waals surface area contributed by atoms with E-state index in [1.807, 2.05) is 13.0 Å². The molecule has 8 nitrogen and oxygen atoms in total. The predicted molar refractivity (Wildman–Crippen MR) is 136 cm³/mol. The first-order valence-corrected chi connectivity index (χ1v) is 14.5. The topological polar surface area (TPSA) is 100 Å². The van der Waals surface area contributed by atoms with Crippen LogP contribution in [0.2, 0.25) is 18.1 Å². The molecule has 0 aliphatic rings. The standard InChI is InChI=1S/C25H45NO7Si/c1-13-14-15-16-20(30-18(3)27)21(26-23(29)32-24(5,6)7)22(31-19(4)28)17(2)33-34(11,12)25(8,9)10/h13-17,20-22H,1-12H3,(H,26,29)/b14-13+,16-15+/t17-,20-,21-,22-/m1/s1. The van der Waals surface area contributed by atoms with Gasteiger partial charge in [0.05, 0.1) is 6.10 Å². The van der Waals surface area contributed by atoms with E-state index >= 15 is 0 Å². The van der Waals surface area contributed by atoms with Crippen molar-refractivity contribution in [3.63, 3.8) is 0 Å². The van der Waals surface area contributed by atoms with Crippen molar-refractivity contribution in [3.05, 3.63) is 24.3 Å². The molecule has 0 aliphatic carbocycles. The third kappa shape index (κ3) is 11.8. The highest BCUT2D eigenvalue weighted by molar-refractivity contribution is 6.74. The maximum Gasteiger partial charge on any atom is 0.408 e. The lowest BCUT2D eigenvalue weighted by molar-refractivity contribution is -0.159. The summed E-state index contributed by atoms with van der Waals surface area (Å²) in [5, 5.41) is 2.66. The van der Waals surface area contributed by atoms with Crippen molar-refractivity contribution < 1.29 is 33.0 Å². The molecule has 0 bridgehead atoms. The first-order chi connectivity index (χ1) is 15.3. The minimum atomic E-state index is -2.28. The van der Waals surface area contributed by atoms with Crippen molar-refractivity contribution >= 4 is 26.3 Å². The van der Waals surface area contributed by atoms with Crippen LogP contribution in [0.25, 0.3) is 0 Å². The quantitative estimate of drug-likeness (QED) is 0.189. The molecule has 196 valence electrons. The summed E-state index contributed by atoms with van der Waals surface area (Å²) in [6.07, 6.45) is 3.64. The van der Waals surface area contributed by atoms with E-state index in [9.17, 15) is 14.4 Å². The van der Waals surface area contributed by atoms with Gasteiger partial charge in [-0.1, -0.05) is 39.0 Å². The molecule has 0 saturated heterocycles. The molecule has 0 aromatic heterocycles. The second-order valence-corrected chi connectivity index (χ2v) is 15.6. The summed E-state index contributed by atoms with van der Waals surface area (Å²) in [4.78, 5) is 36.8. The number of alkyl carbamates (subject to hydrolysis) is 1. The Bertz CT molecular complexity index is 747. The Balaban J connectivity index is 6.47. The van der Waals surface area contributed by atoms with Gasteiger partial charge in [0.15, 0.2) is 14.4 Å². The SMILES string of the molecule is C/C=C/C=C/[C@@H](OC(C)=O)[C@@H](NC(=O)OC(C)(C)C)[C@H](OC(C)=O)[C@@H](C)O[Si](C)(C)C(C)(C)C. The van der Waals surface area contributed by atoms with Crippen LogP contribution >= 0.6 is 0 Å². The zero-order chi connectivity index (χ0) is 26.9. The minimum absolute atomic E-state index is 0.1000. The lowest BCUT2D eigenvalue weighted by Gasteiger charge is -2.42. The van der Waals surface area contributed by atoms with Crippen LogP contribution in [0.1, 0.15) is 69.2 Å². The van der Waals surface area contributed by atoms with E-state index in [1.54, 1.807) is 45.9 Å². The molecule has 0 fully saturated rings. The molecule has 0 rings (SSSR count). The normalized spacial score (nSPS) is 16.6. The molecule has 34 heavy (non-hydrogen) atoms. The number of hydrogen-bond acceptors (Lipinski definition) is 7. The number of allylic oxidation sites excluding steroid dienone is 3. The number of carbonyl (C=O) groups excluding carboxylic acids is 3. The van der Waals surface area contributed by atoms with Gasteiger partial charge in [0.2, 0.25) is 0 Å². The van der Waals surface area contributed by atoms with E-state index in [2.05, 4.69) is 39.2 Å². The average Bonchev–Trinajstić information content (AvgIpc) is 2.60. The van der Waals surface area contributed by atoms with Crippen molar-refractivity contribution in [2.75, 3.05) is 0 Å². The molecule has 0 spiro atoms. The van der Waals surface area contributed by atoms with Gasteiger partial charge in [-0.05, 0) is 58.8 Å². The van der Waals surface area contributed by atoms with Gasteiger partial charge in [-0.2, -0.15) is 0 Å². The Hall–Kier alpha value is -2.13. The Kier molecular flexibility index (Phi) is 12.3. The van der Waals surface area contributed by atoms with E-state index in [4.69, 9.17) is 18.6 Å². The Labute approximate surface area is 206 Å². The van der Waals surface area contributed by atoms with Gasteiger partial charge in [-0.3, -0.25) is 9.59 Å². The predicted octanol–water partition coefficient (Wildman–Crippen LogP) is 5.29. The zero-order valence-corrected chi connectivity index (χ0v) is 24.0. The van der Waals surface area contributed by atoms with Crippen molar-refractivity contribution in [1.82, 2.24) is 5.32 Å². The first-order valence-electron chi connectivity index (χ1n) is 11.6. The van der Waals surface area contributed by atoms with Gasteiger partial charge < -0.3 is 24.0 Å². The summed E-state index contributed by atoms with van der Waals surface area (Å²) in [7, 11) is -2.28. The first kappa shape index (κ1) is 31.9. The highest BCUT2D eigenvalue weighted by atomic mass is 28.4. The largest absolute Gasteiger partial charge is 0.457 e. The van der Waals surface area contributed by atoms with Crippen molar-refractivity contribution in [1.29, 1.82) is 0 Å². The van der Waals surface area contributed by atoms with Crippen LogP contribution in [0.3, 0.4) is 0 Å². The van der Waals surface area contributed by atoms with Gasteiger partial charge >= 0.3 is 18.0 Å². The monoisotopic (exact) mass is 499 g/mol. The molecular formula is C25H45NO7Si. The van der Waals surface area contributed by atoms with Crippen LogP contribution in [0.4, 0.5) is 4.79 Å². The maximum atomic E-state index is 12.8. The number of nitrogens with one attached hydrogen (secondary N) is 1. The number of carbonyl (C=O) groups is 3. The number of esters is 2. The summed E-state index contributed by atoms with van der Waals surface area (Å²) in [6.45, 7) is 21.9. The van der Waals surface area contributed by atoms with E-state index in [0.717, 1.165) is 0 Å². The number of rotatable bonds is 10. The summed E-state index contributed by atoms with van der Waals surface area (Å²) in [5.41, 5.74) is -0.757. The fraction of sp³-hybridized carbons (Fsp3) is 0.720. The van der Waals surface area contributed by atoms with Crippen LogP contribution < -0.4 is 5.32 Å². The van der Waals surface area contributed by atoms with Gasteiger partial charge in [-0.15, -0.1) is 0 Å². The molecule has 0 radical (unpaired) electrons. The molecule has 0 saturated carbocycles. The smallest absolute Gasteiger partial charge is 0.408 e. The van der Waals surface area contributed by atoms with Crippen molar-refractivity contribution in [2.24, 2.45) is 0 Å². The molecule has 0 aromatic rings. The summed E-state index contributed by atoms with van der Waals surface area (Å²) >= 11 is 0. The summed E-state index contributed by atoms with van der Waals surface area (Å²) in [6, 6.07) is -0.969. The van der Waals surface area contributed by atoms with Gasteiger partial charge in [-0.25, -0.2) is 4.79 Å². The fourth-order valence-electron chi connectivity index (χ4n) is 2.86. The van der Waals surface area contributed by atoms with Crippen molar-refractivity contribution in [3.8, 4) is 0 Å². The van der Waals surface area contributed by atoms with Gasteiger partial charge in [0.1, 0.15) is 17.7 Å². The Morgan fingerprint density at radius 2 is 1.44 bits per heavy atom. The molecule has 1 amide bonds. The summed E-state index contributed by atoms with van der Waals surface area (Å²) in [5.74, 6) is -1.10. The van der Waals surface area contributed by atoms with E-state index < -0.39 is 56.3 Å². The van der Waals surface area contributed by atoms with E-state index in [-0.39, 0.29) is 5.04 Å². The molecule has 0 unspecified atom stereocenters. The van der Waals surface area contributed by atoms with Crippen LogP contribution in [0.5, 0.6) is 0 Å². The third-order valence-electron chi connectivity index (χ3n) is 5.35. The lowest BCUT2D eigenvalue weighted by Crippen LogP contribution is -2.59. The van der Waals surface area contributed by atoms with E-state index in [1.165, 1.54) is 13.8 Å². The fourth-order valence-corrected chi connectivity index (χ4v) is 4.28. The maximum absolute atomic E-state index is 12.8. The lowest BCUT2D eigenvalue weighted by atomic mass is 9.99. The second kappa shape index (κ2) is 13.1. The molecule has 9 heteroatoms. The van der Waals surface area contributed by atoms with Crippen LogP contribution in [-0.2, 0) is 28.2 Å². The molecule has 0 aliphatic heterocycles. The number of ether oxygens (including phenoxy) is 3. The summed E-state index contributed by atoms with van der Waals surface area (Å²) < 4.78 is 23.2. The Morgan fingerprint density at radius 1 is 0.912 bits per heavy atom. The molecule has 0 aromatic carbocycles. The molecule has 0 heterocycles. The van der Waals surface area contributed by atoms with Crippen LogP contribution in [-0.4, -0.2) is 56.3 Å². The van der Waals surface area contributed by atoms with Crippen LogP contribution in [0.15, 0.2) is 24.3 Å². The number of hydrogen-bond donors (Lipinski definition) is 1. The molecule has 1 N–H and O–H groups in total.